The minimum atomic E-state index is -4.13. The topological polar surface area (TPSA) is 149 Å². The summed E-state index contributed by atoms with van der Waals surface area (Å²) in [7, 11) is -4.13. The third kappa shape index (κ3) is 4.48. The summed E-state index contributed by atoms with van der Waals surface area (Å²) in [5.74, 6) is -0.346. The number of carbonyl (C=O) groups excluding carboxylic acids is 3. The summed E-state index contributed by atoms with van der Waals surface area (Å²) in [4.78, 5) is 40.6. The predicted molar refractivity (Wildman–Crippen MR) is 127 cm³/mol. The first-order valence-corrected chi connectivity index (χ1v) is 13.4. The molecule has 1 N–H and O–H groups in total. The Balaban J connectivity index is 1.33. The van der Waals surface area contributed by atoms with Gasteiger partial charge in [-0.25, -0.2) is 8.42 Å². The third-order valence-electron chi connectivity index (χ3n) is 6.83. The van der Waals surface area contributed by atoms with Gasteiger partial charge in [0.05, 0.1) is 12.6 Å². The predicted octanol–water partition coefficient (Wildman–Crippen LogP) is 0.190. The van der Waals surface area contributed by atoms with E-state index in [1.54, 1.807) is 12.1 Å². The maximum absolute atomic E-state index is 13.6. The first-order valence-electron chi connectivity index (χ1n) is 11.9. The Morgan fingerprint density at radius 1 is 1.24 bits per heavy atom. The van der Waals surface area contributed by atoms with Crippen LogP contribution in [0.2, 0.25) is 0 Å². The summed E-state index contributed by atoms with van der Waals surface area (Å²) in [6.45, 7) is 1.72. The molecule has 2 amide bonds. The van der Waals surface area contributed by atoms with Gasteiger partial charge < -0.3 is 24.9 Å². The number of carbonyl (C=O) groups is 3. The molecule has 2 aromatic rings. The van der Waals surface area contributed by atoms with Crippen LogP contribution in [0, 0.1) is 5.21 Å². The number of Topliss-reactive ketones (excluding diaryl/α,β-unsaturated/α-hetero) is 1. The van der Waals surface area contributed by atoms with Gasteiger partial charge in [0, 0.05) is 18.2 Å². The highest BCUT2D eigenvalue weighted by atomic mass is 32.2. The molecule has 2 saturated heterocycles. The Kier molecular flexibility index (Phi) is 6.50. The smallest absolute Gasteiger partial charge is 0.252 e. The molecular weight excluding hydrogens is 504 g/mol. The van der Waals surface area contributed by atoms with Gasteiger partial charge in [0.25, 0.3) is 5.91 Å². The molecule has 12 nitrogen and oxygen atoms in total. The van der Waals surface area contributed by atoms with Crippen LogP contribution in [0.3, 0.4) is 0 Å². The highest BCUT2D eigenvalue weighted by molar-refractivity contribution is 7.89. The van der Waals surface area contributed by atoms with Gasteiger partial charge in [-0.05, 0) is 37.1 Å². The van der Waals surface area contributed by atoms with Crippen LogP contribution in [0.4, 0.5) is 0 Å². The third-order valence-corrected chi connectivity index (χ3v) is 8.69. The summed E-state index contributed by atoms with van der Waals surface area (Å²) in [5, 5.41) is 14.4. The molecule has 1 aromatic heterocycles. The number of amides is 2. The van der Waals surface area contributed by atoms with Crippen molar-refractivity contribution in [3.8, 4) is 11.5 Å². The van der Waals surface area contributed by atoms with Gasteiger partial charge in [-0.2, -0.15) is 9.04 Å². The van der Waals surface area contributed by atoms with Crippen LogP contribution < -0.4 is 19.5 Å². The fraction of sp³-hybridized carbons (Fsp3) is 0.417. The largest absolute Gasteiger partial charge is 0.619 e. The molecule has 0 radical (unpaired) electrons. The van der Waals surface area contributed by atoms with Crippen LogP contribution >= 0.6 is 0 Å². The second kappa shape index (κ2) is 9.63. The summed E-state index contributed by atoms with van der Waals surface area (Å²) >= 11 is 0. The highest BCUT2D eigenvalue weighted by Crippen LogP contribution is 2.35. The van der Waals surface area contributed by atoms with Gasteiger partial charge in [0.15, 0.2) is 29.7 Å². The van der Waals surface area contributed by atoms with Crippen molar-refractivity contribution in [3.05, 3.63) is 53.5 Å². The highest BCUT2D eigenvalue weighted by Gasteiger charge is 2.54. The summed E-state index contributed by atoms with van der Waals surface area (Å²) in [6.07, 6.45) is 3.30. The van der Waals surface area contributed by atoms with Gasteiger partial charge in [-0.15, -0.1) is 0 Å². The maximum atomic E-state index is 13.6. The molecule has 13 heteroatoms. The number of ketones is 1. The zero-order chi connectivity index (χ0) is 26.3. The number of nitrogens with zero attached hydrogens (tertiary/aromatic N) is 3. The SMILES string of the molecule is CCCC(NC(=O)c1ccc2c(c1)OCO2)C(=O)N1CCC2C1C(=O)CN2S(=O)(=O)c1ccc[n+]([O-])c1. The van der Waals surface area contributed by atoms with E-state index in [1.807, 2.05) is 6.92 Å². The van der Waals surface area contributed by atoms with E-state index in [1.165, 1.54) is 29.3 Å². The Hall–Kier alpha value is -3.71. The van der Waals surface area contributed by atoms with Crippen molar-refractivity contribution in [3.63, 3.8) is 0 Å². The lowest BCUT2D eigenvalue weighted by Gasteiger charge is -2.28. The monoisotopic (exact) mass is 530 g/mol. The van der Waals surface area contributed by atoms with Crippen molar-refractivity contribution in [2.45, 2.75) is 49.2 Å². The zero-order valence-electron chi connectivity index (χ0n) is 20.0. The van der Waals surface area contributed by atoms with Crippen molar-refractivity contribution >= 4 is 27.6 Å². The van der Waals surface area contributed by atoms with E-state index in [4.69, 9.17) is 9.47 Å². The molecule has 3 atom stereocenters. The molecule has 1 aromatic carbocycles. The van der Waals surface area contributed by atoms with E-state index >= 15 is 0 Å². The fourth-order valence-electron chi connectivity index (χ4n) is 5.09. The number of ether oxygens (including phenoxy) is 2. The zero-order valence-corrected chi connectivity index (χ0v) is 20.8. The number of hydrogen-bond acceptors (Lipinski definition) is 8. The van der Waals surface area contributed by atoms with E-state index in [9.17, 15) is 28.0 Å². The van der Waals surface area contributed by atoms with Crippen molar-refractivity contribution in [2.75, 3.05) is 19.9 Å². The van der Waals surface area contributed by atoms with Crippen LogP contribution in [0.25, 0.3) is 0 Å². The standard InChI is InChI=1S/C24H26N4O8S/c1-2-4-17(25-23(30)15-6-7-20-21(11-15)36-14-35-20)24(31)27-10-8-18-22(27)19(29)13-28(18)37(33,34)16-5-3-9-26(32)12-16/h3,5-7,9,11-12,17-18,22H,2,4,8,10,13-14H2,1H3,(H,25,30). The summed E-state index contributed by atoms with van der Waals surface area (Å²) in [5.41, 5.74) is 0.296. The van der Waals surface area contributed by atoms with E-state index in [0.29, 0.717) is 34.6 Å². The molecule has 3 unspecified atom stereocenters. The Labute approximate surface area is 213 Å². The average Bonchev–Trinajstić information content (AvgIpc) is 3.60. The molecule has 3 aliphatic rings. The first kappa shape index (κ1) is 25.0. The summed E-state index contributed by atoms with van der Waals surface area (Å²) in [6, 6.07) is 4.75. The molecule has 2 fully saturated rings. The molecule has 0 spiro atoms. The molecule has 0 saturated carbocycles. The molecule has 4 heterocycles. The van der Waals surface area contributed by atoms with Crippen molar-refractivity contribution in [1.82, 2.24) is 14.5 Å². The van der Waals surface area contributed by atoms with Gasteiger partial charge in [0.1, 0.15) is 17.0 Å². The average molecular weight is 531 g/mol. The lowest BCUT2D eigenvalue weighted by molar-refractivity contribution is -0.607. The minimum Gasteiger partial charge on any atom is -0.619 e. The Bertz CT molecular complexity index is 1360. The lowest BCUT2D eigenvalue weighted by atomic mass is 10.1. The molecule has 0 bridgehead atoms. The lowest BCUT2D eigenvalue weighted by Crippen LogP contribution is -2.52. The molecular formula is C24H26N4O8S. The van der Waals surface area contributed by atoms with Crippen LogP contribution in [0.1, 0.15) is 36.5 Å². The first-order chi connectivity index (χ1) is 17.7. The van der Waals surface area contributed by atoms with Crippen LogP contribution in [-0.4, -0.2) is 73.2 Å². The van der Waals surface area contributed by atoms with Gasteiger partial charge in [0.2, 0.25) is 22.7 Å². The van der Waals surface area contributed by atoms with Gasteiger partial charge in [-0.1, -0.05) is 13.3 Å². The van der Waals surface area contributed by atoms with E-state index < -0.39 is 52.3 Å². The number of likely N-dealkylation sites (tertiary alicyclic amines) is 1. The molecule has 0 aliphatic carbocycles. The quantitative estimate of drug-likeness (QED) is 0.394. The second-order valence-electron chi connectivity index (χ2n) is 9.13. The number of benzene rings is 1. The number of pyridine rings is 1. The molecule has 37 heavy (non-hydrogen) atoms. The number of fused-ring (bicyclic) bond motifs is 2. The Morgan fingerprint density at radius 2 is 2.03 bits per heavy atom. The van der Waals surface area contributed by atoms with Crippen LogP contribution in [0.15, 0.2) is 47.6 Å². The number of hydrogen-bond donors (Lipinski definition) is 1. The number of nitrogens with one attached hydrogen (secondary N) is 1. The van der Waals surface area contributed by atoms with Crippen molar-refractivity contribution in [2.24, 2.45) is 0 Å². The van der Waals surface area contributed by atoms with Gasteiger partial charge >= 0.3 is 0 Å². The van der Waals surface area contributed by atoms with E-state index in [0.717, 1.165) is 10.5 Å². The van der Waals surface area contributed by atoms with E-state index in [2.05, 4.69) is 5.32 Å². The van der Waals surface area contributed by atoms with Crippen molar-refractivity contribution in [1.29, 1.82) is 0 Å². The molecule has 196 valence electrons. The van der Waals surface area contributed by atoms with Crippen molar-refractivity contribution < 1.29 is 37.0 Å². The second-order valence-corrected chi connectivity index (χ2v) is 11.0. The minimum absolute atomic E-state index is 0.0663. The number of rotatable bonds is 7. The van der Waals surface area contributed by atoms with Crippen LogP contribution in [-0.2, 0) is 19.6 Å². The van der Waals surface area contributed by atoms with E-state index in [-0.39, 0.29) is 24.7 Å². The maximum Gasteiger partial charge on any atom is 0.252 e. The van der Waals surface area contributed by atoms with Crippen LogP contribution in [0.5, 0.6) is 11.5 Å². The fourth-order valence-corrected chi connectivity index (χ4v) is 6.72. The van der Waals surface area contributed by atoms with Gasteiger partial charge in [-0.3, -0.25) is 14.4 Å². The normalized spacial score (nSPS) is 21.6. The molecule has 3 aliphatic heterocycles. The number of sulfonamides is 1. The Morgan fingerprint density at radius 3 is 2.78 bits per heavy atom. The molecule has 5 rings (SSSR count). The number of aromatic nitrogens is 1. The summed E-state index contributed by atoms with van der Waals surface area (Å²) < 4.78 is 38.5.